The van der Waals surface area contributed by atoms with Crippen LogP contribution in [0.1, 0.15) is 37.8 Å². The first-order valence-electron chi connectivity index (χ1n) is 7.68. The van der Waals surface area contributed by atoms with Crippen molar-refractivity contribution < 1.29 is 4.74 Å². The summed E-state index contributed by atoms with van der Waals surface area (Å²) in [5.74, 6) is 1.44. The van der Waals surface area contributed by atoms with Gasteiger partial charge in [-0.05, 0) is 42.5 Å². The van der Waals surface area contributed by atoms with Crippen molar-refractivity contribution in [2.24, 2.45) is 5.73 Å². The number of ether oxygens (including phenoxy) is 1. The average Bonchev–Trinajstić information content (AvgIpc) is 2.51. The summed E-state index contributed by atoms with van der Waals surface area (Å²) in [5.41, 5.74) is 8.43. The topological polar surface area (TPSA) is 48.1 Å². The van der Waals surface area contributed by atoms with Gasteiger partial charge < -0.3 is 10.5 Å². The van der Waals surface area contributed by atoms with Gasteiger partial charge in [-0.3, -0.25) is 0 Å². The van der Waals surface area contributed by atoms with Crippen LogP contribution in [0.25, 0.3) is 0 Å². The van der Waals surface area contributed by atoms with Gasteiger partial charge in [0.05, 0.1) is 0 Å². The van der Waals surface area contributed by atoms with Crippen LogP contribution < -0.4 is 10.5 Å². The molecular formula is C18H24N2O. The van der Waals surface area contributed by atoms with Gasteiger partial charge in [0.1, 0.15) is 5.75 Å². The summed E-state index contributed by atoms with van der Waals surface area (Å²) in [6.07, 6.45) is 5.93. The maximum Gasteiger partial charge on any atom is 0.219 e. The number of nitrogens with zero attached hydrogens (tertiary/aromatic N) is 1. The molecule has 0 bridgehead atoms. The molecule has 1 aromatic heterocycles. The van der Waals surface area contributed by atoms with E-state index in [-0.39, 0.29) is 6.04 Å². The molecule has 0 aliphatic carbocycles. The standard InChI is InChI=1S/C18H24N2O/c1-3-5-14-6-9-17(10-7-14)21-18-11-8-15(13-20-18)12-16(19)4-2/h6-11,13,16H,3-5,12,19H2,1-2H3. The van der Waals surface area contributed by atoms with Crippen LogP contribution in [0.3, 0.4) is 0 Å². The van der Waals surface area contributed by atoms with E-state index in [1.807, 2.05) is 30.5 Å². The number of aryl methyl sites for hydroxylation is 1. The van der Waals surface area contributed by atoms with E-state index in [1.165, 1.54) is 5.56 Å². The Balaban J connectivity index is 1.96. The minimum atomic E-state index is 0.199. The monoisotopic (exact) mass is 284 g/mol. The minimum Gasteiger partial charge on any atom is -0.439 e. The largest absolute Gasteiger partial charge is 0.439 e. The molecule has 112 valence electrons. The number of aromatic nitrogens is 1. The van der Waals surface area contributed by atoms with Crippen molar-refractivity contribution in [2.75, 3.05) is 0 Å². The van der Waals surface area contributed by atoms with Crippen LogP contribution in [0.5, 0.6) is 11.6 Å². The molecule has 2 N–H and O–H groups in total. The highest BCUT2D eigenvalue weighted by Gasteiger charge is 2.03. The molecule has 0 fully saturated rings. The predicted octanol–water partition coefficient (Wildman–Crippen LogP) is 4.11. The fraction of sp³-hybridized carbons (Fsp3) is 0.389. The molecular weight excluding hydrogens is 260 g/mol. The fourth-order valence-corrected chi connectivity index (χ4v) is 2.17. The van der Waals surface area contributed by atoms with Crippen LogP contribution >= 0.6 is 0 Å². The number of hydrogen-bond acceptors (Lipinski definition) is 3. The molecule has 0 saturated heterocycles. The smallest absolute Gasteiger partial charge is 0.219 e. The molecule has 1 heterocycles. The summed E-state index contributed by atoms with van der Waals surface area (Å²) >= 11 is 0. The molecule has 0 saturated carbocycles. The van der Waals surface area contributed by atoms with Crippen LogP contribution in [-0.4, -0.2) is 11.0 Å². The maximum absolute atomic E-state index is 5.95. The second-order valence-electron chi connectivity index (χ2n) is 5.37. The van der Waals surface area contributed by atoms with Crippen LogP contribution in [0, 0.1) is 0 Å². The SMILES string of the molecule is CCCc1ccc(Oc2ccc(CC(N)CC)cn2)cc1. The van der Waals surface area contributed by atoms with Crippen molar-refractivity contribution in [2.45, 2.75) is 45.6 Å². The lowest BCUT2D eigenvalue weighted by molar-refractivity contribution is 0.462. The van der Waals surface area contributed by atoms with Gasteiger partial charge in [0.15, 0.2) is 0 Å². The zero-order chi connectivity index (χ0) is 15.1. The van der Waals surface area contributed by atoms with E-state index in [2.05, 4.69) is 31.0 Å². The van der Waals surface area contributed by atoms with Crippen molar-refractivity contribution in [1.82, 2.24) is 4.98 Å². The summed E-state index contributed by atoms with van der Waals surface area (Å²) in [6.45, 7) is 4.28. The van der Waals surface area contributed by atoms with Gasteiger partial charge in [0.25, 0.3) is 0 Å². The van der Waals surface area contributed by atoms with Gasteiger partial charge in [-0.2, -0.15) is 0 Å². The third-order valence-corrected chi connectivity index (χ3v) is 3.50. The van der Waals surface area contributed by atoms with Crippen molar-refractivity contribution in [3.63, 3.8) is 0 Å². The Morgan fingerprint density at radius 2 is 1.76 bits per heavy atom. The van der Waals surface area contributed by atoms with E-state index in [1.54, 1.807) is 0 Å². The van der Waals surface area contributed by atoms with Crippen molar-refractivity contribution in [1.29, 1.82) is 0 Å². The van der Waals surface area contributed by atoms with E-state index in [4.69, 9.17) is 10.5 Å². The van der Waals surface area contributed by atoms with E-state index >= 15 is 0 Å². The average molecular weight is 284 g/mol. The molecule has 2 aromatic rings. The van der Waals surface area contributed by atoms with Gasteiger partial charge in [0, 0.05) is 18.3 Å². The Bertz CT molecular complexity index is 534. The van der Waals surface area contributed by atoms with Gasteiger partial charge in [-0.1, -0.05) is 38.5 Å². The lowest BCUT2D eigenvalue weighted by Gasteiger charge is -2.09. The number of nitrogens with two attached hydrogens (primary N) is 1. The van der Waals surface area contributed by atoms with E-state index in [0.717, 1.165) is 37.0 Å². The molecule has 3 heteroatoms. The summed E-state index contributed by atoms with van der Waals surface area (Å²) in [5, 5.41) is 0. The highest BCUT2D eigenvalue weighted by Crippen LogP contribution is 2.20. The van der Waals surface area contributed by atoms with Gasteiger partial charge >= 0.3 is 0 Å². The number of pyridine rings is 1. The molecule has 0 radical (unpaired) electrons. The van der Waals surface area contributed by atoms with Crippen molar-refractivity contribution in [3.05, 3.63) is 53.7 Å². The first-order valence-corrected chi connectivity index (χ1v) is 7.68. The highest BCUT2D eigenvalue weighted by molar-refractivity contribution is 5.31. The van der Waals surface area contributed by atoms with Crippen LogP contribution in [-0.2, 0) is 12.8 Å². The van der Waals surface area contributed by atoms with Gasteiger partial charge in [0.2, 0.25) is 5.88 Å². The first-order chi connectivity index (χ1) is 10.2. The van der Waals surface area contributed by atoms with Gasteiger partial charge in [-0.15, -0.1) is 0 Å². The second kappa shape index (κ2) is 7.79. The number of benzene rings is 1. The van der Waals surface area contributed by atoms with E-state index in [0.29, 0.717) is 5.88 Å². The molecule has 0 aliphatic rings. The second-order valence-corrected chi connectivity index (χ2v) is 5.37. The van der Waals surface area contributed by atoms with Crippen LogP contribution in [0.4, 0.5) is 0 Å². The van der Waals surface area contributed by atoms with Gasteiger partial charge in [-0.25, -0.2) is 4.98 Å². The lowest BCUT2D eigenvalue weighted by atomic mass is 10.1. The summed E-state index contributed by atoms with van der Waals surface area (Å²) in [4.78, 5) is 4.34. The van der Waals surface area contributed by atoms with Crippen LogP contribution in [0.15, 0.2) is 42.6 Å². The molecule has 0 spiro atoms. The maximum atomic E-state index is 5.95. The summed E-state index contributed by atoms with van der Waals surface area (Å²) in [7, 11) is 0. The van der Waals surface area contributed by atoms with Crippen molar-refractivity contribution >= 4 is 0 Å². The minimum absolute atomic E-state index is 0.199. The fourth-order valence-electron chi connectivity index (χ4n) is 2.17. The molecule has 1 aromatic carbocycles. The summed E-state index contributed by atoms with van der Waals surface area (Å²) in [6, 6.07) is 12.3. The molecule has 0 amide bonds. The Hall–Kier alpha value is -1.87. The molecule has 21 heavy (non-hydrogen) atoms. The Kier molecular flexibility index (Phi) is 5.76. The zero-order valence-corrected chi connectivity index (χ0v) is 12.9. The molecule has 0 aliphatic heterocycles. The zero-order valence-electron chi connectivity index (χ0n) is 12.9. The molecule has 2 rings (SSSR count). The quantitative estimate of drug-likeness (QED) is 0.832. The number of rotatable bonds is 7. The Labute approximate surface area is 127 Å². The summed E-state index contributed by atoms with van der Waals surface area (Å²) < 4.78 is 5.76. The highest BCUT2D eigenvalue weighted by atomic mass is 16.5. The molecule has 3 nitrogen and oxygen atoms in total. The predicted molar refractivity (Wildman–Crippen MR) is 86.7 cm³/mol. The Morgan fingerprint density at radius 3 is 2.33 bits per heavy atom. The first kappa shape index (κ1) is 15.5. The number of hydrogen-bond donors (Lipinski definition) is 1. The van der Waals surface area contributed by atoms with Crippen molar-refractivity contribution in [3.8, 4) is 11.6 Å². The van der Waals surface area contributed by atoms with E-state index < -0.39 is 0 Å². The Morgan fingerprint density at radius 1 is 1.05 bits per heavy atom. The third kappa shape index (κ3) is 4.87. The van der Waals surface area contributed by atoms with Crippen LogP contribution in [0.2, 0.25) is 0 Å². The molecule has 1 atom stereocenters. The molecule has 1 unspecified atom stereocenters. The lowest BCUT2D eigenvalue weighted by Crippen LogP contribution is -2.21. The normalized spacial score (nSPS) is 12.1. The third-order valence-electron chi connectivity index (χ3n) is 3.50. The van der Waals surface area contributed by atoms with E-state index in [9.17, 15) is 0 Å².